The number of nitrogens with zero attached hydrogens (tertiary/aromatic N) is 1. The van der Waals surface area contributed by atoms with Crippen LogP contribution < -0.4 is 0 Å². The van der Waals surface area contributed by atoms with Gasteiger partial charge in [0.1, 0.15) is 0 Å². The summed E-state index contributed by atoms with van der Waals surface area (Å²) in [7, 11) is -3.29. The molecular formula is C20H29NO4S. The maximum atomic E-state index is 12.9. The number of benzene rings is 1. The molecule has 4 rings (SSSR count). The van der Waals surface area contributed by atoms with Gasteiger partial charge in [-0.25, -0.2) is 8.42 Å². The Balaban J connectivity index is 1.56. The van der Waals surface area contributed by atoms with Crippen LogP contribution in [0.3, 0.4) is 0 Å². The third-order valence-electron chi connectivity index (χ3n) is 6.07. The van der Waals surface area contributed by atoms with Gasteiger partial charge in [-0.3, -0.25) is 4.90 Å². The van der Waals surface area contributed by atoms with E-state index in [1.807, 2.05) is 19.9 Å². The van der Waals surface area contributed by atoms with Crippen LogP contribution in [0.2, 0.25) is 0 Å². The van der Waals surface area contributed by atoms with Crippen LogP contribution in [-0.2, 0) is 19.3 Å². The number of fused-ring (bicyclic) bond motifs is 3. The van der Waals surface area contributed by atoms with E-state index in [1.54, 1.807) is 24.3 Å². The molecule has 6 heteroatoms. The Hall–Kier alpha value is -0.950. The van der Waals surface area contributed by atoms with Gasteiger partial charge in [-0.2, -0.15) is 0 Å². The van der Waals surface area contributed by atoms with Crippen LogP contribution in [0.25, 0.3) is 0 Å². The summed E-state index contributed by atoms with van der Waals surface area (Å²) >= 11 is 0. The molecule has 144 valence electrons. The van der Waals surface area contributed by atoms with Crippen molar-refractivity contribution in [3.05, 3.63) is 30.3 Å². The lowest BCUT2D eigenvalue weighted by atomic mass is 9.84. The van der Waals surface area contributed by atoms with Crippen molar-refractivity contribution < 1.29 is 17.9 Å². The van der Waals surface area contributed by atoms with Crippen LogP contribution in [0.4, 0.5) is 0 Å². The zero-order valence-electron chi connectivity index (χ0n) is 15.6. The first-order chi connectivity index (χ1) is 12.4. The standard InChI is InChI=1S/C20H29NO4S/c1-20(2)24-13-18-19(25-20)12-11-15-7-6-8-16(21(15)18)14-26(22,23)17-9-4-3-5-10-17/h3-5,9-10,15-16,18-19H,6-8,11-14H2,1-2H3/t15-,16-,18-,19?/m0/s1. The van der Waals surface area contributed by atoms with Crippen LogP contribution in [0.1, 0.15) is 46.0 Å². The lowest BCUT2D eigenvalue weighted by Crippen LogP contribution is -2.66. The van der Waals surface area contributed by atoms with Crippen molar-refractivity contribution >= 4 is 9.84 Å². The second kappa shape index (κ2) is 6.89. The predicted octanol–water partition coefficient (Wildman–Crippen LogP) is 3.00. The highest BCUT2D eigenvalue weighted by atomic mass is 32.2. The Morgan fingerprint density at radius 2 is 1.88 bits per heavy atom. The van der Waals surface area contributed by atoms with Gasteiger partial charge in [0.05, 0.1) is 29.4 Å². The molecule has 3 heterocycles. The summed E-state index contributed by atoms with van der Waals surface area (Å²) in [6.45, 7) is 4.54. The van der Waals surface area contributed by atoms with Gasteiger partial charge in [-0.1, -0.05) is 24.6 Å². The molecule has 3 saturated heterocycles. The van der Waals surface area contributed by atoms with Crippen molar-refractivity contribution in [2.24, 2.45) is 0 Å². The van der Waals surface area contributed by atoms with E-state index in [9.17, 15) is 8.42 Å². The maximum absolute atomic E-state index is 12.9. The van der Waals surface area contributed by atoms with Gasteiger partial charge in [-0.15, -0.1) is 0 Å². The molecule has 26 heavy (non-hydrogen) atoms. The first-order valence-corrected chi connectivity index (χ1v) is 11.4. The van der Waals surface area contributed by atoms with Crippen LogP contribution in [0.5, 0.6) is 0 Å². The van der Waals surface area contributed by atoms with Crippen LogP contribution in [0.15, 0.2) is 35.2 Å². The van der Waals surface area contributed by atoms with Gasteiger partial charge >= 0.3 is 0 Å². The third kappa shape index (κ3) is 3.57. The van der Waals surface area contributed by atoms with E-state index in [-0.39, 0.29) is 23.9 Å². The summed E-state index contributed by atoms with van der Waals surface area (Å²) < 4.78 is 38.0. The zero-order valence-corrected chi connectivity index (χ0v) is 16.5. The van der Waals surface area contributed by atoms with Crippen molar-refractivity contribution in [2.45, 2.75) is 80.9 Å². The molecule has 0 spiro atoms. The average Bonchev–Trinajstić information content (AvgIpc) is 2.61. The second-order valence-corrected chi connectivity index (χ2v) is 10.3. The van der Waals surface area contributed by atoms with Crippen molar-refractivity contribution in [2.75, 3.05) is 12.4 Å². The molecular weight excluding hydrogens is 350 g/mol. The molecule has 1 aromatic carbocycles. The first kappa shape index (κ1) is 18.4. The Kier molecular flexibility index (Phi) is 4.88. The molecule has 1 unspecified atom stereocenters. The second-order valence-electron chi connectivity index (χ2n) is 8.29. The molecule has 3 aliphatic heterocycles. The van der Waals surface area contributed by atoms with Crippen LogP contribution in [-0.4, -0.2) is 55.7 Å². The first-order valence-electron chi connectivity index (χ1n) is 9.73. The Bertz CT molecular complexity index is 733. The number of piperidine rings is 2. The topological polar surface area (TPSA) is 55.8 Å². The number of ether oxygens (including phenoxy) is 2. The van der Waals surface area contributed by atoms with E-state index < -0.39 is 15.6 Å². The summed E-state index contributed by atoms with van der Waals surface area (Å²) in [5.74, 6) is -0.366. The molecule has 5 nitrogen and oxygen atoms in total. The highest BCUT2D eigenvalue weighted by Crippen LogP contribution is 2.39. The molecule has 0 aliphatic carbocycles. The molecule has 3 fully saturated rings. The lowest BCUT2D eigenvalue weighted by Gasteiger charge is -2.55. The van der Waals surface area contributed by atoms with Gasteiger partial charge in [0.15, 0.2) is 15.6 Å². The van der Waals surface area contributed by atoms with E-state index >= 15 is 0 Å². The summed E-state index contributed by atoms with van der Waals surface area (Å²) in [5, 5.41) is 0. The summed E-state index contributed by atoms with van der Waals surface area (Å²) in [6.07, 6.45) is 5.43. The van der Waals surface area contributed by atoms with E-state index in [1.165, 1.54) is 0 Å². The fraction of sp³-hybridized carbons (Fsp3) is 0.700. The normalized spacial score (nSPS) is 34.7. The van der Waals surface area contributed by atoms with Gasteiger partial charge in [-0.05, 0) is 51.7 Å². The highest BCUT2D eigenvalue weighted by molar-refractivity contribution is 7.91. The Morgan fingerprint density at radius 1 is 1.12 bits per heavy atom. The molecule has 0 saturated carbocycles. The van der Waals surface area contributed by atoms with E-state index in [4.69, 9.17) is 9.47 Å². The van der Waals surface area contributed by atoms with Crippen LogP contribution >= 0.6 is 0 Å². The van der Waals surface area contributed by atoms with Gasteiger partial charge < -0.3 is 9.47 Å². The van der Waals surface area contributed by atoms with Gasteiger partial charge in [0, 0.05) is 12.1 Å². The smallest absolute Gasteiger partial charge is 0.179 e. The molecule has 1 aromatic rings. The maximum Gasteiger partial charge on any atom is 0.179 e. The summed E-state index contributed by atoms with van der Waals surface area (Å²) in [6, 6.07) is 9.49. The number of sulfone groups is 1. The van der Waals surface area contributed by atoms with Gasteiger partial charge in [0.25, 0.3) is 0 Å². The highest BCUT2D eigenvalue weighted by Gasteiger charge is 2.48. The van der Waals surface area contributed by atoms with Crippen LogP contribution in [0, 0.1) is 0 Å². The Morgan fingerprint density at radius 3 is 2.65 bits per heavy atom. The molecule has 0 N–H and O–H groups in total. The summed E-state index contributed by atoms with van der Waals surface area (Å²) in [4.78, 5) is 2.86. The molecule has 3 aliphatic rings. The molecule has 0 aromatic heterocycles. The van der Waals surface area contributed by atoms with Crippen molar-refractivity contribution in [3.8, 4) is 0 Å². The largest absolute Gasteiger partial charge is 0.349 e. The zero-order chi connectivity index (χ0) is 18.4. The fourth-order valence-electron chi connectivity index (χ4n) is 4.92. The van der Waals surface area contributed by atoms with E-state index in [0.717, 1.165) is 32.1 Å². The molecule has 0 bridgehead atoms. The minimum absolute atomic E-state index is 0.0418. The van der Waals surface area contributed by atoms with E-state index in [2.05, 4.69) is 4.90 Å². The quantitative estimate of drug-likeness (QED) is 0.808. The van der Waals surface area contributed by atoms with Crippen molar-refractivity contribution in [1.82, 2.24) is 4.90 Å². The minimum atomic E-state index is -3.29. The summed E-state index contributed by atoms with van der Waals surface area (Å²) in [5.41, 5.74) is 0. The fourth-order valence-corrected chi connectivity index (χ4v) is 6.53. The predicted molar refractivity (Wildman–Crippen MR) is 99.7 cm³/mol. The van der Waals surface area contributed by atoms with Crippen molar-refractivity contribution in [3.63, 3.8) is 0 Å². The average molecular weight is 380 g/mol. The Labute approximate surface area is 156 Å². The molecule has 0 radical (unpaired) electrons. The van der Waals surface area contributed by atoms with Crippen molar-refractivity contribution in [1.29, 1.82) is 0 Å². The lowest BCUT2D eigenvalue weighted by molar-refractivity contribution is -0.308. The number of hydrogen-bond donors (Lipinski definition) is 0. The number of hydrogen-bond acceptors (Lipinski definition) is 5. The van der Waals surface area contributed by atoms with Gasteiger partial charge in [0.2, 0.25) is 0 Å². The molecule has 0 amide bonds. The third-order valence-corrected chi connectivity index (χ3v) is 7.88. The van der Waals surface area contributed by atoms with E-state index in [0.29, 0.717) is 17.5 Å². The minimum Gasteiger partial charge on any atom is -0.349 e. The monoisotopic (exact) mass is 379 g/mol. The number of rotatable bonds is 3. The molecule has 4 atom stereocenters. The SMILES string of the molecule is CC1(C)OC[C@H]2C(CC[C@@H]3CCC[C@@H](CS(=O)(=O)c4ccccc4)N32)O1.